The maximum atomic E-state index is 9.92. The Morgan fingerprint density at radius 2 is 2.00 bits per heavy atom. The minimum absolute atomic E-state index is 0.0998. The van der Waals surface area contributed by atoms with E-state index in [1.807, 2.05) is 0 Å². The van der Waals surface area contributed by atoms with Gasteiger partial charge in [-0.3, -0.25) is 4.90 Å². The van der Waals surface area contributed by atoms with Crippen molar-refractivity contribution in [3.63, 3.8) is 0 Å². The molecule has 3 heteroatoms. The number of hydrogen-bond donors (Lipinski definition) is 1. The van der Waals surface area contributed by atoms with E-state index < -0.39 is 0 Å². The van der Waals surface area contributed by atoms with E-state index in [-0.39, 0.29) is 6.10 Å². The van der Waals surface area contributed by atoms with Crippen molar-refractivity contribution in [2.45, 2.75) is 57.2 Å². The standard InChI is InChI=1S/C14H28N2O/c1-11-5-4-6-12(7-11)16-10-14(17)8-13(16)9-15(2)3/h11-14,17H,4-10H2,1-3H3. The summed E-state index contributed by atoms with van der Waals surface area (Å²) >= 11 is 0. The maximum Gasteiger partial charge on any atom is 0.0682 e. The molecular formula is C14H28N2O. The van der Waals surface area contributed by atoms with Gasteiger partial charge in [-0.05, 0) is 39.3 Å². The molecule has 0 aromatic heterocycles. The van der Waals surface area contributed by atoms with E-state index in [2.05, 4.69) is 30.8 Å². The molecule has 0 aromatic carbocycles. The lowest BCUT2D eigenvalue weighted by Gasteiger charge is -2.38. The first-order valence-electron chi connectivity index (χ1n) is 7.14. The lowest BCUT2D eigenvalue weighted by Crippen LogP contribution is -2.45. The molecule has 2 fully saturated rings. The first-order valence-corrected chi connectivity index (χ1v) is 7.14. The van der Waals surface area contributed by atoms with Crippen LogP contribution in [0.1, 0.15) is 39.0 Å². The van der Waals surface area contributed by atoms with Crippen LogP contribution in [-0.2, 0) is 0 Å². The second kappa shape index (κ2) is 5.68. The van der Waals surface area contributed by atoms with Gasteiger partial charge >= 0.3 is 0 Å². The van der Waals surface area contributed by atoms with E-state index in [1.165, 1.54) is 25.7 Å². The van der Waals surface area contributed by atoms with Crippen molar-refractivity contribution in [2.24, 2.45) is 5.92 Å². The van der Waals surface area contributed by atoms with Crippen molar-refractivity contribution in [1.29, 1.82) is 0 Å². The number of likely N-dealkylation sites (tertiary alicyclic amines) is 1. The Morgan fingerprint density at radius 3 is 2.65 bits per heavy atom. The lowest BCUT2D eigenvalue weighted by atomic mass is 9.86. The molecule has 4 atom stereocenters. The Morgan fingerprint density at radius 1 is 1.24 bits per heavy atom. The third kappa shape index (κ3) is 3.43. The highest BCUT2D eigenvalue weighted by atomic mass is 16.3. The van der Waals surface area contributed by atoms with Gasteiger partial charge in [-0.2, -0.15) is 0 Å². The molecule has 1 aliphatic carbocycles. The molecule has 0 radical (unpaired) electrons. The Balaban J connectivity index is 1.96. The van der Waals surface area contributed by atoms with Gasteiger partial charge in [0.15, 0.2) is 0 Å². The Hall–Kier alpha value is -0.120. The summed E-state index contributed by atoms with van der Waals surface area (Å²) in [5, 5.41) is 9.92. The average molecular weight is 240 g/mol. The number of likely N-dealkylation sites (N-methyl/N-ethyl adjacent to an activating group) is 1. The summed E-state index contributed by atoms with van der Waals surface area (Å²) in [6.45, 7) is 4.36. The van der Waals surface area contributed by atoms with Crippen LogP contribution in [0.2, 0.25) is 0 Å². The molecule has 2 aliphatic rings. The molecule has 1 saturated carbocycles. The first-order chi connectivity index (χ1) is 8.06. The summed E-state index contributed by atoms with van der Waals surface area (Å²) in [4.78, 5) is 4.85. The third-order valence-corrected chi connectivity index (χ3v) is 4.39. The van der Waals surface area contributed by atoms with E-state index in [0.717, 1.165) is 31.5 Å². The normalized spacial score (nSPS) is 40.1. The largest absolute Gasteiger partial charge is 0.392 e. The van der Waals surface area contributed by atoms with Gasteiger partial charge in [-0.1, -0.05) is 19.8 Å². The topological polar surface area (TPSA) is 26.7 Å². The predicted octanol–water partition coefficient (Wildman–Crippen LogP) is 1.56. The molecule has 0 spiro atoms. The SMILES string of the molecule is CC1CCCC(N2CC(O)CC2CN(C)C)C1. The number of hydrogen-bond acceptors (Lipinski definition) is 3. The van der Waals surface area contributed by atoms with Crippen LogP contribution in [0.5, 0.6) is 0 Å². The van der Waals surface area contributed by atoms with Gasteiger partial charge in [0.1, 0.15) is 0 Å². The van der Waals surface area contributed by atoms with E-state index >= 15 is 0 Å². The zero-order valence-electron chi connectivity index (χ0n) is 11.6. The van der Waals surface area contributed by atoms with E-state index in [0.29, 0.717) is 6.04 Å². The monoisotopic (exact) mass is 240 g/mol. The number of β-amino-alcohol motifs (C(OH)–C–C–N with tert-alkyl or cyclic N) is 1. The summed E-state index contributed by atoms with van der Waals surface area (Å²) in [7, 11) is 4.26. The Bertz CT molecular complexity index is 240. The van der Waals surface area contributed by atoms with E-state index in [1.54, 1.807) is 0 Å². The van der Waals surface area contributed by atoms with Gasteiger partial charge in [-0.25, -0.2) is 0 Å². The molecule has 0 aromatic rings. The van der Waals surface area contributed by atoms with Crippen molar-refractivity contribution in [1.82, 2.24) is 9.80 Å². The molecule has 100 valence electrons. The molecule has 1 saturated heterocycles. The molecule has 4 unspecified atom stereocenters. The van der Waals surface area contributed by atoms with Crippen LogP contribution in [-0.4, -0.2) is 60.3 Å². The van der Waals surface area contributed by atoms with Gasteiger partial charge in [-0.15, -0.1) is 0 Å². The van der Waals surface area contributed by atoms with Crippen LogP contribution in [0.3, 0.4) is 0 Å². The molecule has 3 nitrogen and oxygen atoms in total. The highest BCUT2D eigenvalue weighted by Gasteiger charge is 2.36. The zero-order chi connectivity index (χ0) is 12.4. The van der Waals surface area contributed by atoms with Crippen LogP contribution in [0.4, 0.5) is 0 Å². The number of aliphatic hydroxyl groups excluding tert-OH is 1. The summed E-state index contributed by atoms with van der Waals surface area (Å²) in [6, 6.07) is 1.29. The highest BCUT2D eigenvalue weighted by Crippen LogP contribution is 2.32. The van der Waals surface area contributed by atoms with Gasteiger partial charge < -0.3 is 10.0 Å². The van der Waals surface area contributed by atoms with Gasteiger partial charge in [0, 0.05) is 25.2 Å². The second-order valence-electron chi connectivity index (χ2n) is 6.43. The molecule has 2 rings (SSSR count). The van der Waals surface area contributed by atoms with Crippen LogP contribution >= 0.6 is 0 Å². The fourth-order valence-electron chi connectivity index (χ4n) is 3.67. The summed E-state index contributed by atoms with van der Waals surface area (Å²) in [6.07, 6.45) is 6.29. The predicted molar refractivity (Wildman–Crippen MR) is 71.1 cm³/mol. The molecular weight excluding hydrogens is 212 g/mol. The minimum Gasteiger partial charge on any atom is -0.392 e. The number of rotatable bonds is 3. The molecule has 17 heavy (non-hydrogen) atoms. The minimum atomic E-state index is -0.0998. The van der Waals surface area contributed by atoms with E-state index in [9.17, 15) is 5.11 Å². The molecule has 0 amide bonds. The Labute approximate surface area is 106 Å². The zero-order valence-corrected chi connectivity index (χ0v) is 11.6. The van der Waals surface area contributed by atoms with Crippen LogP contribution < -0.4 is 0 Å². The Kier molecular flexibility index (Phi) is 4.45. The van der Waals surface area contributed by atoms with Crippen LogP contribution in [0.15, 0.2) is 0 Å². The smallest absolute Gasteiger partial charge is 0.0682 e. The van der Waals surface area contributed by atoms with Gasteiger partial charge in [0.05, 0.1) is 6.10 Å². The summed E-state index contributed by atoms with van der Waals surface area (Å²) < 4.78 is 0. The summed E-state index contributed by atoms with van der Waals surface area (Å²) in [5.41, 5.74) is 0. The van der Waals surface area contributed by atoms with Crippen molar-refractivity contribution in [3.05, 3.63) is 0 Å². The molecule has 1 aliphatic heterocycles. The molecule has 1 heterocycles. The van der Waals surface area contributed by atoms with Crippen LogP contribution in [0.25, 0.3) is 0 Å². The lowest BCUT2D eigenvalue weighted by molar-refractivity contribution is 0.0972. The summed E-state index contributed by atoms with van der Waals surface area (Å²) in [5.74, 6) is 0.867. The van der Waals surface area contributed by atoms with Crippen LogP contribution in [0, 0.1) is 5.92 Å². The van der Waals surface area contributed by atoms with Crippen molar-refractivity contribution in [3.8, 4) is 0 Å². The van der Waals surface area contributed by atoms with Crippen molar-refractivity contribution < 1.29 is 5.11 Å². The van der Waals surface area contributed by atoms with Gasteiger partial charge in [0.2, 0.25) is 0 Å². The van der Waals surface area contributed by atoms with E-state index in [4.69, 9.17) is 0 Å². The maximum absolute atomic E-state index is 9.92. The highest BCUT2D eigenvalue weighted by molar-refractivity contribution is 4.92. The first kappa shape index (κ1) is 13.3. The van der Waals surface area contributed by atoms with Crippen molar-refractivity contribution >= 4 is 0 Å². The average Bonchev–Trinajstić information content (AvgIpc) is 2.58. The van der Waals surface area contributed by atoms with Crippen molar-refractivity contribution in [2.75, 3.05) is 27.2 Å². The molecule has 0 bridgehead atoms. The number of aliphatic hydroxyl groups is 1. The fourth-order valence-corrected chi connectivity index (χ4v) is 3.67. The fraction of sp³-hybridized carbons (Fsp3) is 1.00. The second-order valence-corrected chi connectivity index (χ2v) is 6.43. The number of nitrogens with zero attached hydrogens (tertiary/aromatic N) is 2. The van der Waals surface area contributed by atoms with Gasteiger partial charge in [0.25, 0.3) is 0 Å². The third-order valence-electron chi connectivity index (χ3n) is 4.39. The molecule has 1 N–H and O–H groups in total. The quantitative estimate of drug-likeness (QED) is 0.811.